The summed E-state index contributed by atoms with van der Waals surface area (Å²) in [5.74, 6) is -0.921. The molecule has 0 heterocycles. The summed E-state index contributed by atoms with van der Waals surface area (Å²) < 4.78 is 16.8. The van der Waals surface area contributed by atoms with Crippen LogP contribution >= 0.6 is 0 Å². The van der Waals surface area contributed by atoms with Gasteiger partial charge in [-0.3, -0.25) is 14.4 Å². The van der Waals surface area contributed by atoms with Crippen molar-refractivity contribution in [3.05, 3.63) is 72.9 Å². The Hall–Kier alpha value is -3.15. The first-order valence-electron chi connectivity index (χ1n) is 27.9. The first-order valence-corrected chi connectivity index (χ1v) is 27.9. The van der Waals surface area contributed by atoms with E-state index in [-0.39, 0.29) is 31.1 Å². The van der Waals surface area contributed by atoms with Crippen LogP contribution < -0.4 is 0 Å². The van der Waals surface area contributed by atoms with Gasteiger partial charge in [0.1, 0.15) is 13.2 Å². The average molecular weight is 921 g/mol. The molecule has 0 aliphatic rings. The first-order chi connectivity index (χ1) is 32.5. The molecule has 0 radical (unpaired) electrons. The lowest BCUT2D eigenvalue weighted by Gasteiger charge is -2.18. The summed E-state index contributed by atoms with van der Waals surface area (Å²) >= 11 is 0. The van der Waals surface area contributed by atoms with Crippen molar-refractivity contribution >= 4 is 17.9 Å². The Bertz CT molecular complexity index is 1240. The molecule has 0 aromatic carbocycles. The van der Waals surface area contributed by atoms with Gasteiger partial charge in [0, 0.05) is 19.3 Å². The summed E-state index contributed by atoms with van der Waals surface area (Å²) in [5, 5.41) is 0. The van der Waals surface area contributed by atoms with E-state index in [0.29, 0.717) is 19.3 Å². The third-order valence-electron chi connectivity index (χ3n) is 11.9. The van der Waals surface area contributed by atoms with E-state index >= 15 is 0 Å². The summed E-state index contributed by atoms with van der Waals surface area (Å²) in [4.78, 5) is 38.1. The van der Waals surface area contributed by atoms with Gasteiger partial charge in [-0.05, 0) is 96.3 Å². The largest absolute Gasteiger partial charge is 0.462 e. The minimum absolute atomic E-state index is 0.0872. The molecule has 0 aliphatic carbocycles. The maximum absolute atomic E-state index is 12.8. The van der Waals surface area contributed by atoms with Crippen molar-refractivity contribution in [3.63, 3.8) is 0 Å². The minimum atomic E-state index is -0.791. The fraction of sp³-hybridized carbons (Fsp3) is 0.750. The molecule has 0 amide bonds. The molecule has 0 unspecified atom stereocenters. The predicted octanol–water partition coefficient (Wildman–Crippen LogP) is 18.6. The number of unbranched alkanes of at least 4 members (excludes halogenated alkanes) is 27. The van der Waals surface area contributed by atoms with Crippen LogP contribution in [0.2, 0.25) is 0 Å². The second kappa shape index (κ2) is 54.5. The van der Waals surface area contributed by atoms with Crippen LogP contribution in [-0.2, 0) is 28.6 Å². The molecule has 6 heteroatoms. The standard InChI is InChI=1S/C60H104O6/c1-4-7-10-13-16-19-22-25-27-29-30-32-33-35-38-41-44-47-50-53-59(62)65-56-57(55-64-58(61)52-49-46-43-40-37-24-21-18-15-12-9-6-3)66-60(63)54-51-48-45-42-39-36-34-31-28-26-23-20-17-14-11-8-5-2/h16-17,19-20,25-28,30,32,35,38,57H,4-15,18,21-24,29,31,33-34,36-37,39-56H2,1-3H3/b19-16-,20-17-,27-25-,28-26-,32-30-,38-35-/t57-/m0/s1. The Morgan fingerprint density at radius 1 is 0.303 bits per heavy atom. The first kappa shape index (κ1) is 62.8. The van der Waals surface area contributed by atoms with E-state index < -0.39 is 6.10 Å². The van der Waals surface area contributed by atoms with Crippen molar-refractivity contribution in [2.45, 2.75) is 277 Å². The molecular weight excluding hydrogens is 817 g/mol. The zero-order valence-corrected chi connectivity index (χ0v) is 43.4. The van der Waals surface area contributed by atoms with Gasteiger partial charge >= 0.3 is 17.9 Å². The van der Waals surface area contributed by atoms with E-state index in [0.717, 1.165) is 96.3 Å². The van der Waals surface area contributed by atoms with E-state index in [1.54, 1.807) is 0 Å². The number of hydrogen-bond donors (Lipinski definition) is 0. The Balaban J connectivity index is 4.43. The highest BCUT2D eigenvalue weighted by atomic mass is 16.6. The summed E-state index contributed by atoms with van der Waals surface area (Å²) in [6, 6.07) is 0. The van der Waals surface area contributed by atoms with Gasteiger partial charge in [0.25, 0.3) is 0 Å². The fourth-order valence-electron chi connectivity index (χ4n) is 7.69. The Kier molecular flexibility index (Phi) is 51.9. The van der Waals surface area contributed by atoms with Crippen molar-refractivity contribution in [2.75, 3.05) is 13.2 Å². The lowest BCUT2D eigenvalue weighted by atomic mass is 10.0. The lowest BCUT2D eigenvalue weighted by molar-refractivity contribution is -0.167. The van der Waals surface area contributed by atoms with E-state index in [4.69, 9.17) is 14.2 Å². The molecule has 0 aromatic rings. The molecule has 0 rings (SSSR count). The summed E-state index contributed by atoms with van der Waals surface area (Å²) in [5.41, 5.74) is 0. The topological polar surface area (TPSA) is 78.9 Å². The third-order valence-corrected chi connectivity index (χ3v) is 11.9. The molecule has 0 aromatic heterocycles. The lowest BCUT2D eigenvalue weighted by Crippen LogP contribution is -2.30. The molecule has 0 spiro atoms. The second-order valence-electron chi connectivity index (χ2n) is 18.5. The van der Waals surface area contributed by atoms with Crippen molar-refractivity contribution in [1.82, 2.24) is 0 Å². The smallest absolute Gasteiger partial charge is 0.306 e. The Morgan fingerprint density at radius 3 is 0.894 bits per heavy atom. The van der Waals surface area contributed by atoms with Gasteiger partial charge in [-0.2, -0.15) is 0 Å². The van der Waals surface area contributed by atoms with Crippen LogP contribution in [0.1, 0.15) is 271 Å². The summed E-state index contributed by atoms with van der Waals surface area (Å²) in [7, 11) is 0. The molecule has 66 heavy (non-hydrogen) atoms. The van der Waals surface area contributed by atoms with Gasteiger partial charge in [0.2, 0.25) is 0 Å². The molecular formula is C60H104O6. The number of hydrogen-bond acceptors (Lipinski definition) is 6. The van der Waals surface area contributed by atoms with Crippen LogP contribution in [0.4, 0.5) is 0 Å². The number of carbonyl (C=O) groups excluding carboxylic acids is 3. The highest BCUT2D eigenvalue weighted by Gasteiger charge is 2.19. The predicted molar refractivity (Wildman–Crippen MR) is 284 cm³/mol. The quantitative estimate of drug-likeness (QED) is 0.0262. The monoisotopic (exact) mass is 921 g/mol. The number of rotatable bonds is 50. The van der Waals surface area contributed by atoms with Crippen LogP contribution in [0, 0.1) is 0 Å². The van der Waals surface area contributed by atoms with E-state index in [1.807, 2.05) is 0 Å². The molecule has 1 atom stereocenters. The normalized spacial score (nSPS) is 12.6. The van der Waals surface area contributed by atoms with Gasteiger partial charge in [-0.1, -0.05) is 229 Å². The van der Waals surface area contributed by atoms with Crippen molar-refractivity contribution in [1.29, 1.82) is 0 Å². The Labute approximate surface area is 408 Å². The Morgan fingerprint density at radius 2 is 0.545 bits per heavy atom. The van der Waals surface area contributed by atoms with Gasteiger partial charge < -0.3 is 14.2 Å². The number of esters is 3. The van der Waals surface area contributed by atoms with Crippen LogP contribution in [0.5, 0.6) is 0 Å². The highest BCUT2D eigenvalue weighted by Crippen LogP contribution is 2.15. The fourth-order valence-corrected chi connectivity index (χ4v) is 7.69. The van der Waals surface area contributed by atoms with Gasteiger partial charge in [0.15, 0.2) is 6.10 Å². The number of ether oxygens (including phenoxy) is 3. The van der Waals surface area contributed by atoms with Crippen LogP contribution in [0.3, 0.4) is 0 Å². The van der Waals surface area contributed by atoms with E-state index in [2.05, 4.69) is 93.7 Å². The van der Waals surface area contributed by atoms with Crippen LogP contribution in [-0.4, -0.2) is 37.2 Å². The zero-order valence-electron chi connectivity index (χ0n) is 43.4. The molecule has 0 fully saturated rings. The van der Waals surface area contributed by atoms with Gasteiger partial charge in [0.05, 0.1) is 0 Å². The molecule has 6 nitrogen and oxygen atoms in total. The van der Waals surface area contributed by atoms with E-state index in [9.17, 15) is 14.4 Å². The van der Waals surface area contributed by atoms with Gasteiger partial charge in [-0.15, -0.1) is 0 Å². The number of allylic oxidation sites excluding steroid dienone is 12. The summed E-state index contributed by atoms with van der Waals surface area (Å²) in [6.07, 6.45) is 68.8. The maximum atomic E-state index is 12.8. The highest BCUT2D eigenvalue weighted by molar-refractivity contribution is 5.71. The maximum Gasteiger partial charge on any atom is 0.306 e. The van der Waals surface area contributed by atoms with Crippen LogP contribution in [0.25, 0.3) is 0 Å². The van der Waals surface area contributed by atoms with Crippen LogP contribution in [0.15, 0.2) is 72.9 Å². The van der Waals surface area contributed by atoms with Crippen molar-refractivity contribution in [2.24, 2.45) is 0 Å². The zero-order chi connectivity index (χ0) is 47.9. The average Bonchev–Trinajstić information content (AvgIpc) is 3.31. The summed E-state index contributed by atoms with van der Waals surface area (Å²) in [6.45, 7) is 6.56. The van der Waals surface area contributed by atoms with E-state index in [1.165, 1.54) is 135 Å². The van der Waals surface area contributed by atoms with Crippen molar-refractivity contribution in [3.8, 4) is 0 Å². The van der Waals surface area contributed by atoms with Crippen molar-refractivity contribution < 1.29 is 28.6 Å². The third kappa shape index (κ3) is 51.8. The molecule has 0 aliphatic heterocycles. The molecule has 0 saturated carbocycles. The molecule has 380 valence electrons. The SMILES string of the molecule is CCCCC/C=C\C/C=C\C/C=C\C/C=C\CCCCCC(=O)OC[C@H](COC(=O)CCCCCCCCCCCCCC)OC(=O)CCCCCCCCC/C=C\C/C=C\CCCCC. The molecule has 0 bridgehead atoms. The van der Waals surface area contributed by atoms with Gasteiger partial charge in [-0.25, -0.2) is 0 Å². The number of carbonyl (C=O) groups is 3. The molecule has 0 saturated heterocycles. The minimum Gasteiger partial charge on any atom is -0.462 e. The molecule has 0 N–H and O–H groups in total. The second-order valence-corrected chi connectivity index (χ2v) is 18.5.